The molecule has 0 atom stereocenters. The number of hydrogen-bond donors (Lipinski definition) is 1. The Kier molecular flexibility index (Phi) is 4.20. The molecular formula is C15H15ClN4O3. The van der Waals surface area contributed by atoms with Gasteiger partial charge >= 0.3 is 5.97 Å². The summed E-state index contributed by atoms with van der Waals surface area (Å²) in [5.41, 5.74) is 3.44. The molecule has 0 radical (unpaired) electrons. The van der Waals surface area contributed by atoms with Crippen LogP contribution in [0.3, 0.4) is 0 Å². The fourth-order valence-corrected chi connectivity index (χ4v) is 2.57. The van der Waals surface area contributed by atoms with E-state index in [9.17, 15) is 9.59 Å². The number of carbonyl (C=O) groups excluding carboxylic acids is 2. The van der Waals surface area contributed by atoms with Crippen LogP contribution in [0.25, 0.3) is 0 Å². The molecule has 2 aliphatic rings. The molecule has 7 nitrogen and oxygen atoms in total. The molecule has 0 unspecified atom stereocenters. The molecule has 1 fully saturated rings. The lowest BCUT2D eigenvalue weighted by Crippen LogP contribution is -2.39. The molecule has 1 amide bonds. The molecule has 8 heteroatoms. The Morgan fingerprint density at radius 2 is 2.00 bits per heavy atom. The smallest absolute Gasteiger partial charge is 0.345 e. The van der Waals surface area contributed by atoms with E-state index in [2.05, 4.69) is 10.5 Å². The summed E-state index contributed by atoms with van der Waals surface area (Å²) < 4.78 is 4.91. The molecule has 0 saturated carbocycles. The van der Waals surface area contributed by atoms with Gasteiger partial charge in [0.1, 0.15) is 5.57 Å². The number of esters is 1. The fraction of sp³-hybridized carbons (Fsp3) is 0.267. The van der Waals surface area contributed by atoms with Gasteiger partial charge in [0, 0.05) is 30.0 Å². The van der Waals surface area contributed by atoms with Crippen molar-refractivity contribution < 1.29 is 14.3 Å². The Hall–Kier alpha value is -2.54. The van der Waals surface area contributed by atoms with Crippen LogP contribution < -0.4 is 10.3 Å². The molecule has 23 heavy (non-hydrogen) atoms. The van der Waals surface area contributed by atoms with E-state index in [1.54, 1.807) is 19.1 Å². The summed E-state index contributed by atoms with van der Waals surface area (Å²) in [5.74, 6) is -0.650. The normalized spacial score (nSPS) is 17.0. The van der Waals surface area contributed by atoms with Gasteiger partial charge in [0.05, 0.1) is 6.61 Å². The minimum Gasteiger partial charge on any atom is -0.462 e. The van der Waals surface area contributed by atoms with E-state index < -0.39 is 11.9 Å². The summed E-state index contributed by atoms with van der Waals surface area (Å²) in [6, 6.07) is 7.25. The van der Waals surface area contributed by atoms with E-state index in [0.29, 0.717) is 24.1 Å². The van der Waals surface area contributed by atoms with Gasteiger partial charge in [-0.15, -0.1) is 5.10 Å². The number of ether oxygens (including phenoxy) is 1. The number of guanidine groups is 1. The van der Waals surface area contributed by atoms with Crippen LogP contribution in [0.4, 0.5) is 5.69 Å². The third kappa shape index (κ3) is 2.87. The van der Waals surface area contributed by atoms with Gasteiger partial charge in [-0.1, -0.05) is 11.6 Å². The van der Waals surface area contributed by atoms with E-state index in [-0.39, 0.29) is 12.2 Å². The number of halogens is 1. The van der Waals surface area contributed by atoms with Gasteiger partial charge < -0.3 is 9.64 Å². The molecule has 1 saturated heterocycles. The summed E-state index contributed by atoms with van der Waals surface area (Å²) in [6.45, 7) is 2.89. The number of rotatable bonds is 3. The number of carbonyl (C=O) groups is 2. The van der Waals surface area contributed by atoms with Crippen LogP contribution in [0, 0.1) is 0 Å². The van der Waals surface area contributed by atoms with E-state index in [0.717, 1.165) is 5.69 Å². The summed E-state index contributed by atoms with van der Waals surface area (Å²) in [7, 11) is 0. The molecular weight excluding hydrogens is 320 g/mol. The van der Waals surface area contributed by atoms with Gasteiger partial charge in [0.2, 0.25) is 5.96 Å². The highest BCUT2D eigenvalue weighted by Crippen LogP contribution is 2.24. The third-order valence-electron chi connectivity index (χ3n) is 3.51. The van der Waals surface area contributed by atoms with Crippen LogP contribution in [0.5, 0.6) is 0 Å². The van der Waals surface area contributed by atoms with Gasteiger partial charge in [-0.05, 0) is 31.2 Å². The lowest BCUT2D eigenvalue weighted by atomic mass is 10.2. The van der Waals surface area contributed by atoms with Crippen molar-refractivity contribution in [1.29, 1.82) is 0 Å². The predicted molar refractivity (Wildman–Crippen MR) is 85.8 cm³/mol. The molecule has 3 rings (SSSR count). The van der Waals surface area contributed by atoms with E-state index in [1.165, 1.54) is 11.1 Å². The second kappa shape index (κ2) is 6.29. The Morgan fingerprint density at radius 1 is 1.30 bits per heavy atom. The van der Waals surface area contributed by atoms with Gasteiger partial charge in [0.15, 0.2) is 0 Å². The number of amides is 1. The standard InChI is InChI=1S/C15H15ClN4O3/c1-2-23-14(22)12-9-17-18-15-19(7-8-20(15)13(12)21)11-5-3-10(16)4-6-11/h3-6,9,17H,2,7-8H2,1H3. The van der Waals surface area contributed by atoms with Crippen molar-refractivity contribution >= 4 is 35.1 Å². The van der Waals surface area contributed by atoms with E-state index in [1.807, 2.05) is 17.0 Å². The van der Waals surface area contributed by atoms with Crippen LogP contribution in [0.1, 0.15) is 6.92 Å². The molecule has 1 aromatic rings. The van der Waals surface area contributed by atoms with Crippen molar-refractivity contribution in [2.75, 3.05) is 24.6 Å². The van der Waals surface area contributed by atoms with Crippen LogP contribution in [-0.4, -0.2) is 42.4 Å². The molecule has 120 valence electrons. The highest BCUT2D eigenvalue weighted by Gasteiger charge is 2.37. The summed E-state index contributed by atoms with van der Waals surface area (Å²) >= 11 is 5.90. The lowest BCUT2D eigenvalue weighted by molar-refractivity contribution is -0.141. The lowest BCUT2D eigenvalue weighted by Gasteiger charge is -2.20. The van der Waals surface area contributed by atoms with Crippen LogP contribution in [0.15, 0.2) is 41.1 Å². The first-order valence-corrected chi connectivity index (χ1v) is 7.55. The van der Waals surface area contributed by atoms with Crippen molar-refractivity contribution in [3.8, 4) is 0 Å². The number of nitrogens with one attached hydrogen (secondary N) is 1. The first kappa shape index (κ1) is 15.4. The zero-order chi connectivity index (χ0) is 16.4. The van der Waals surface area contributed by atoms with Crippen molar-refractivity contribution in [1.82, 2.24) is 10.3 Å². The number of nitrogens with zero attached hydrogens (tertiary/aromatic N) is 3. The van der Waals surface area contributed by atoms with Crippen molar-refractivity contribution in [3.63, 3.8) is 0 Å². The quantitative estimate of drug-likeness (QED) is 0.666. The van der Waals surface area contributed by atoms with E-state index >= 15 is 0 Å². The Balaban J connectivity index is 1.85. The first-order valence-electron chi connectivity index (χ1n) is 7.17. The maximum absolute atomic E-state index is 12.6. The molecule has 0 aromatic heterocycles. The molecule has 1 aromatic carbocycles. The van der Waals surface area contributed by atoms with Crippen LogP contribution in [0.2, 0.25) is 5.02 Å². The highest BCUT2D eigenvalue weighted by atomic mass is 35.5. The average molecular weight is 335 g/mol. The van der Waals surface area contributed by atoms with Gasteiger partial charge in [-0.2, -0.15) is 0 Å². The summed E-state index contributed by atoms with van der Waals surface area (Å²) in [6.07, 6.45) is 1.27. The number of benzene rings is 1. The number of hydrazone groups is 1. The van der Waals surface area contributed by atoms with Gasteiger partial charge in [-0.25, -0.2) is 4.79 Å². The molecule has 0 aliphatic carbocycles. The molecule has 2 heterocycles. The highest BCUT2D eigenvalue weighted by molar-refractivity contribution is 6.30. The average Bonchev–Trinajstić information content (AvgIpc) is 2.88. The zero-order valence-electron chi connectivity index (χ0n) is 12.5. The molecule has 2 aliphatic heterocycles. The summed E-state index contributed by atoms with van der Waals surface area (Å²) in [5, 5.41) is 4.82. The first-order chi connectivity index (χ1) is 11.1. The number of fused-ring (bicyclic) bond motifs is 1. The van der Waals surface area contributed by atoms with Gasteiger partial charge in [0.25, 0.3) is 5.91 Å². The number of hydrogen-bond acceptors (Lipinski definition) is 6. The summed E-state index contributed by atoms with van der Waals surface area (Å²) in [4.78, 5) is 27.8. The minimum absolute atomic E-state index is 0.0662. The monoisotopic (exact) mass is 334 g/mol. The Bertz CT molecular complexity index is 699. The van der Waals surface area contributed by atoms with Crippen molar-refractivity contribution in [2.24, 2.45) is 5.10 Å². The van der Waals surface area contributed by atoms with Gasteiger partial charge in [-0.3, -0.25) is 15.1 Å². The predicted octanol–water partition coefficient (Wildman–Crippen LogP) is 1.31. The fourth-order valence-electron chi connectivity index (χ4n) is 2.44. The second-order valence-electron chi connectivity index (χ2n) is 4.90. The van der Waals surface area contributed by atoms with Crippen LogP contribution >= 0.6 is 11.6 Å². The van der Waals surface area contributed by atoms with E-state index in [4.69, 9.17) is 16.3 Å². The minimum atomic E-state index is -0.661. The second-order valence-corrected chi connectivity index (χ2v) is 5.34. The van der Waals surface area contributed by atoms with Crippen LogP contribution in [-0.2, 0) is 14.3 Å². The zero-order valence-corrected chi connectivity index (χ0v) is 13.2. The largest absolute Gasteiger partial charge is 0.462 e. The molecule has 0 bridgehead atoms. The van der Waals surface area contributed by atoms with Crippen molar-refractivity contribution in [3.05, 3.63) is 41.1 Å². The van der Waals surface area contributed by atoms with Crippen molar-refractivity contribution in [2.45, 2.75) is 6.92 Å². The topological polar surface area (TPSA) is 74.2 Å². The maximum Gasteiger partial charge on any atom is 0.345 e. The Labute approximate surface area is 138 Å². The third-order valence-corrected chi connectivity index (χ3v) is 3.76. The molecule has 0 spiro atoms. The maximum atomic E-state index is 12.6. The molecule has 1 N–H and O–H groups in total. The SMILES string of the molecule is CCOC(=O)C1=CNN=C2N(CCN2c2ccc(Cl)cc2)C1=O. The number of anilines is 1. The Morgan fingerprint density at radius 3 is 2.70 bits per heavy atom.